The molecule has 1 saturated heterocycles. The Kier molecular flexibility index (Phi) is 7.65. The largest absolute Gasteiger partial charge is 0.491 e. The summed E-state index contributed by atoms with van der Waals surface area (Å²) < 4.78 is 11.7. The van der Waals surface area contributed by atoms with Gasteiger partial charge in [-0.25, -0.2) is 0 Å². The minimum atomic E-state index is 0.0173. The smallest absolute Gasteiger partial charge is 0.257 e. The third-order valence-electron chi connectivity index (χ3n) is 6.99. The van der Waals surface area contributed by atoms with Gasteiger partial charge in [-0.15, -0.1) is 0 Å². The van der Waals surface area contributed by atoms with Gasteiger partial charge in [-0.2, -0.15) is 0 Å². The Morgan fingerprint density at radius 1 is 0.939 bits per heavy atom. The van der Waals surface area contributed by atoms with Crippen molar-refractivity contribution in [3.8, 4) is 5.75 Å². The van der Waals surface area contributed by atoms with E-state index in [1.54, 1.807) is 7.11 Å². The van der Waals surface area contributed by atoms with Crippen molar-refractivity contribution in [1.29, 1.82) is 0 Å². The summed E-state index contributed by atoms with van der Waals surface area (Å²) in [5.41, 5.74) is 1.37. The number of carbonyl (C=O) groups excluding carboxylic acids is 2. The molecular weight excluding hydrogens is 416 g/mol. The van der Waals surface area contributed by atoms with Crippen molar-refractivity contribution in [2.24, 2.45) is 5.41 Å². The third kappa shape index (κ3) is 5.56. The van der Waals surface area contributed by atoms with Crippen LogP contribution in [-0.2, 0) is 4.74 Å². The fraction of sp³-hybridized carbons (Fsp3) is 0.481. The molecule has 0 spiro atoms. The van der Waals surface area contributed by atoms with Crippen LogP contribution in [0.4, 0.5) is 0 Å². The fourth-order valence-corrected chi connectivity index (χ4v) is 5.04. The molecule has 2 aromatic rings. The van der Waals surface area contributed by atoms with E-state index in [0.717, 1.165) is 45.2 Å². The minimum absolute atomic E-state index is 0.0173. The van der Waals surface area contributed by atoms with Crippen molar-refractivity contribution in [3.05, 3.63) is 65.7 Å². The minimum Gasteiger partial charge on any atom is -0.491 e. The molecule has 3 aliphatic heterocycles. The van der Waals surface area contributed by atoms with Gasteiger partial charge in [-0.05, 0) is 55.4 Å². The molecule has 3 aliphatic rings. The molecule has 6 nitrogen and oxygen atoms in total. The van der Waals surface area contributed by atoms with Crippen LogP contribution in [-0.4, -0.2) is 68.1 Å². The van der Waals surface area contributed by atoms with E-state index in [2.05, 4.69) is 0 Å². The van der Waals surface area contributed by atoms with Crippen LogP contribution < -0.4 is 4.74 Å². The number of amides is 2. The van der Waals surface area contributed by atoms with Gasteiger partial charge in [-0.1, -0.05) is 36.8 Å². The second-order valence-electron chi connectivity index (χ2n) is 9.19. The number of nitrogens with zero attached hydrogens (tertiary/aromatic N) is 2. The first kappa shape index (κ1) is 23.3. The van der Waals surface area contributed by atoms with Crippen molar-refractivity contribution in [1.82, 2.24) is 9.80 Å². The maximum atomic E-state index is 13.3. The molecule has 2 amide bonds. The number of carbonyl (C=O) groups is 2. The SMILES string of the molecule is COCC12CCCCN(C(=O)c3ccccc3)CCOc3ccccc3C(=O)N(CC1)CC2. The fourth-order valence-electron chi connectivity index (χ4n) is 5.04. The van der Waals surface area contributed by atoms with Crippen LogP contribution in [0.3, 0.4) is 0 Å². The number of fused-ring (bicyclic) bond motifs is 9. The Morgan fingerprint density at radius 3 is 2.42 bits per heavy atom. The maximum absolute atomic E-state index is 13.3. The van der Waals surface area contributed by atoms with Gasteiger partial charge in [0.25, 0.3) is 11.8 Å². The van der Waals surface area contributed by atoms with Gasteiger partial charge in [0.1, 0.15) is 12.4 Å². The molecule has 0 unspecified atom stereocenters. The van der Waals surface area contributed by atoms with Crippen molar-refractivity contribution >= 4 is 11.8 Å². The first-order valence-corrected chi connectivity index (χ1v) is 12.0. The maximum Gasteiger partial charge on any atom is 0.257 e. The Bertz CT molecular complexity index is 938. The number of rotatable bonds is 3. The summed E-state index contributed by atoms with van der Waals surface area (Å²) in [5, 5.41) is 0. The van der Waals surface area contributed by atoms with Crippen LogP contribution in [0.25, 0.3) is 0 Å². The van der Waals surface area contributed by atoms with Crippen LogP contribution in [0.5, 0.6) is 5.75 Å². The van der Waals surface area contributed by atoms with Crippen LogP contribution in [0, 0.1) is 5.41 Å². The predicted octanol–water partition coefficient (Wildman–Crippen LogP) is 4.26. The van der Waals surface area contributed by atoms with Crippen molar-refractivity contribution in [2.75, 3.05) is 46.5 Å². The summed E-state index contributed by atoms with van der Waals surface area (Å²) in [6.45, 7) is 3.68. The molecule has 33 heavy (non-hydrogen) atoms. The van der Waals surface area contributed by atoms with Crippen molar-refractivity contribution in [3.63, 3.8) is 0 Å². The molecule has 0 aromatic heterocycles. The lowest BCUT2D eigenvalue weighted by Crippen LogP contribution is -2.45. The van der Waals surface area contributed by atoms with E-state index in [0.29, 0.717) is 43.2 Å². The second kappa shape index (κ2) is 10.8. The summed E-state index contributed by atoms with van der Waals surface area (Å²) in [7, 11) is 1.76. The quantitative estimate of drug-likeness (QED) is 0.701. The highest BCUT2D eigenvalue weighted by atomic mass is 16.5. The molecule has 3 heterocycles. The summed E-state index contributed by atoms with van der Waals surface area (Å²) in [4.78, 5) is 30.3. The number of methoxy groups -OCH3 is 1. The topological polar surface area (TPSA) is 59.1 Å². The first-order chi connectivity index (χ1) is 16.1. The standard InChI is InChI=1S/C27H34N2O4/c1-32-21-27-13-7-8-16-28(25(30)22-9-3-2-4-10-22)19-20-33-24-12-6-5-11-23(24)26(31)29(17-14-27)18-15-27/h2-6,9-12H,7-8,13-21H2,1H3. The van der Waals surface area contributed by atoms with Crippen LogP contribution in [0.2, 0.25) is 0 Å². The predicted molar refractivity (Wildman–Crippen MR) is 128 cm³/mol. The molecule has 0 aliphatic carbocycles. The molecule has 1 fully saturated rings. The highest BCUT2D eigenvalue weighted by Crippen LogP contribution is 2.38. The Labute approximate surface area is 196 Å². The van der Waals surface area contributed by atoms with Gasteiger partial charge >= 0.3 is 0 Å². The van der Waals surface area contributed by atoms with Crippen LogP contribution >= 0.6 is 0 Å². The van der Waals surface area contributed by atoms with E-state index in [9.17, 15) is 9.59 Å². The van der Waals surface area contributed by atoms with Gasteiger partial charge in [0.15, 0.2) is 0 Å². The summed E-state index contributed by atoms with van der Waals surface area (Å²) in [6, 6.07) is 16.8. The van der Waals surface area contributed by atoms with E-state index in [-0.39, 0.29) is 17.2 Å². The lowest BCUT2D eigenvalue weighted by molar-refractivity contribution is 0.0136. The number of piperidine rings is 1. The molecule has 5 rings (SSSR count). The zero-order valence-corrected chi connectivity index (χ0v) is 19.5. The number of ether oxygens (including phenoxy) is 2. The molecule has 0 radical (unpaired) electrons. The van der Waals surface area contributed by atoms with E-state index in [1.807, 2.05) is 64.4 Å². The normalized spacial score (nSPS) is 19.2. The monoisotopic (exact) mass is 450 g/mol. The Balaban J connectivity index is 1.57. The molecule has 176 valence electrons. The molecule has 0 saturated carbocycles. The molecule has 6 heteroatoms. The first-order valence-electron chi connectivity index (χ1n) is 12.0. The van der Waals surface area contributed by atoms with Gasteiger partial charge in [0.2, 0.25) is 0 Å². The molecular formula is C27H34N2O4. The van der Waals surface area contributed by atoms with Crippen LogP contribution in [0.1, 0.15) is 52.8 Å². The lowest BCUT2D eigenvalue weighted by Gasteiger charge is -2.41. The number of hydrogen-bond acceptors (Lipinski definition) is 4. The highest BCUT2D eigenvalue weighted by molar-refractivity contribution is 5.97. The molecule has 0 N–H and O–H groups in total. The van der Waals surface area contributed by atoms with E-state index < -0.39 is 0 Å². The zero-order chi connectivity index (χ0) is 23.1. The van der Waals surface area contributed by atoms with Crippen molar-refractivity contribution in [2.45, 2.75) is 32.1 Å². The second-order valence-corrected chi connectivity index (χ2v) is 9.19. The average Bonchev–Trinajstić information content (AvgIpc) is 2.86. The third-order valence-corrected chi connectivity index (χ3v) is 6.99. The van der Waals surface area contributed by atoms with E-state index >= 15 is 0 Å². The Morgan fingerprint density at radius 2 is 1.67 bits per heavy atom. The number of hydrogen-bond donors (Lipinski definition) is 0. The van der Waals surface area contributed by atoms with Gasteiger partial charge < -0.3 is 19.3 Å². The van der Waals surface area contributed by atoms with E-state index in [1.165, 1.54) is 0 Å². The van der Waals surface area contributed by atoms with Crippen LogP contribution in [0.15, 0.2) is 54.6 Å². The zero-order valence-electron chi connectivity index (χ0n) is 19.5. The average molecular weight is 451 g/mol. The van der Waals surface area contributed by atoms with Gasteiger partial charge in [0, 0.05) is 32.3 Å². The lowest BCUT2D eigenvalue weighted by atomic mass is 9.75. The number of benzene rings is 2. The summed E-state index contributed by atoms with van der Waals surface area (Å²) in [6.07, 6.45) is 4.87. The number of para-hydroxylation sites is 1. The summed E-state index contributed by atoms with van der Waals surface area (Å²) >= 11 is 0. The Hall–Kier alpha value is -2.86. The molecule has 2 bridgehead atoms. The highest BCUT2D eigenvalue weighted by Gasteiger charge is 2.36. The molecule has 2 aromatic carbocycles. The summed E-state index contributed by atoms with van der Waals surface area (Å²) in [5.74, 6) is 0.619. The van der Waals surface area contributed by atoms with Gasteiger partial charge in [0.05, 0.1) is 18.7 Å². The van der Waals surface area contributed by atoms with Gasteiger partial charge in [-0.3, -0.25) is 9.59 Å². The molecule has 0 atom stereocenters. The van der Waals surface area contributed by atoms with Crippen molar-refractivity contribution < 1.29 is 19.1 Å². The van der Waals surface area contributed by atoms with E-state index in [4.69, 9.17) is 9.47 Å².